The van der Waals surface area contributed by atoms with Gasteiger partial charge in [-0.2, -0.15) is 0 Å². The molecule has 2 aliphatic rings. The number of amides is 2. The molecule has 0 saturated carbocycles. The van der Waals surface area contributed by atoms with Gasteiger partial charge in [-0.15, -0.1) is 0 Å². The van der Waals surface area contributed by atoms with Crippen molar-refractivity contribution in [1.82, 2.24) is 5.32 Å². The molecule has 5 heteroatoms. The van der Waals surface area contributed by atoms with Crippen LogP contribution in [-0.4, -0.2) is 23.5 Å². The van der Waals surface area contributed by atoms with Gasteiger partial charge in [0.05, 0.1) is 12.2 Å². The first kappa shape index (κ1) is 13.5. The molecule has 0 bridgehead atoms. The molecule has 1 aliphatic carbocycles. The van der Waals surface area contributed by atoms with E-state index in [2.05, 4.69) is 11.4 Å². The number of hydrogen-bond acceptors (Lipinski definition) is 4. The van der Waals surface area contributed by atoms with E-state index in [1.54, 1.807) is 6.26 Å². The van der Waals surface area contributed by atoms with Gasteiger partial charge in [-0.1, -0.05) is 12.1 Å². The summed E-state index contributed by atoms with van der Waals surface area (Å²) >= 11 is 0. The number of hydrogen-bond donors (Lipinski definition) is 2. The molecular weight excluding hydrogens is 282 g/mol. The molecular formula is C17H17NO4. The number of carbonyl (C=O) groups excluding carboxylic acids is 2. The second-order valence-corrected chi connectivity index (χ2v) is 6.23. The van der Waals surface area contributed by atoms with E-state index in [0.29, 0.717) is 12.8 Å². The summed E-state index contributed by atoms with van der Waals surface area (Å²) < 4.78 is 5.77. The highest BCUT2D eigenvalue weighted by molar-refractivity contribution is 6.03. The van der Waals surface area contributed by atoms with Crippen molar-refractivity contribution in [3.05, 3.63) is 35.1 Å². The number of fused-ring (bicyclic) bond motifs is 3. The highest BCUT2D eigenvalue weighted by Crippen LogP contribution is 2.38. The molecule has 1 aromatic carbocycles. The monoisotopic (exact) mass is 299 g/mol. The first-order chi connectivity index (χ1) is 10.7. The predicted molar refractivity (Wildman–Crippen MR) is 79.3 cm³/mol. The number of aliphatic hydroxyl groups excluding tert-OH is 1. The fraction of sp³-hybridized carbons (Fsp3) is 0.412. The van der Waals surface area contributed by atoms with E-state index in [1.807, 2.05) is 6.07 Å². The number of benzene rings is 1. The van der Waals surface area contributed by atoms with Gasteiger partial charge in [0.2, 0.25) is 11.8 Å². The largest absolute Gasteiger partial charge is 0.464 e. The minimum absolute atomic E-state index is 0.177. The zero-order chi connectivity index (χ0) is 15.3. The second-order valence-electron chi connectivity index (χ2n) is 6.23. The van der Waals surface area contributed by atoms with E-state index in [0.717, 1.165) is 34.9 Å². The Balaban J connectivity index is 1.76. The summed E-state index contributed by atoms with van der Waals surface area (Å²) in [4.78, 5) is 23.4. The summed E-state index contributed by atoms with van der Waals surface area (Å²) in [6, 6.07) is 4.06. The first-order valence-corrected chi connectivity index (χ1v) is 7.63. The quantitative estimate of drug-likeness (QED) is 0.827. The van der Waals surface area contributed by atoms with Crippen LogP contribution in [0, 0.1) is 5.92 Å². The van der Waals surface area contributed by atoms with Crippen LogP contribution < -0.4 is 5.32 Å². The van der Waals surface area contributed by atoms with Crippen molar-refractivity contribution < 1.29 is 19.1 Å². The van der Waals surface area contributed by atoms with Gasteiger partial charge in [0.1, 0.15) is 5.58 Å². The molecule has 1 saturated heterocycles. The standard InChI is InChI=1S/C17H17NO4/c19-7-9-5-10-1-2-11-14(8-22-16(11)13(10)6-9)12-3-4-15(20)18-17(12)21/h1-2,8-9,12,19H,3-7H2,(H,18,20,21)/t9-,12?/m1/s1. The molecule has 2 amide bonds. The van der Waals surface area contributed by atoms with E-state index in [1.165, 1.54) is 5.56 Å². The third kappa shape index (κ3) is 1.96. The molecule has 4 rings (SSSR count). The highest BCUT2D eigenvalue weighted by atomic mass is 16.3. The lowest BCUT2D eigenvalue weighted by Crippen LogP contribution is -2.39. The Morgan fingerprint density at radius 1 is 1.27 bits per heavy atom. The number of imide groups is 1. The molecule has 5 nitrogen and oxygen atoms in total. The molecule has 2 heterocycles. The normalized spacial score (nSPS) is 24.6. The van der Waals surface area contributed by atoms with Crippen molar-refractivity contribution >= 4 is 22.8 Å². The van der Waals surface area contributed by atoms with Crippen LogP contribution in [0.15, 0.2) is 22.8 Å². The Hall–Kier alpha value is -2.14. The summed E-state index contributed by atoms with van der Waals surface area (Å²) in [5, 5.41) is 12.7. The third-order valence-corrected chi connectivity index (χ3v) is 4.85. The van der Waals surface area contributed by atoms with Crippen LogP contribution in [0.4, 0.5) is 0 Å². The molecule has 2 N–H and O–H groups in total. The van der Waals surface area contributed by atoms with Crippen molar-refractivity contribution in [2.45, 2.75) is 31.6 Å². The lowest BCUT2D eigenvalue weighted by molar-refractivity contribution is -0.134. The Labute approximate surface area is 127 Å². The van der Waals surface area contributed by atoms with Crippen LogP contribution in [0.5, 0.6) is 0 Å². The van der Waals surface area contributed by atoms with Gasteiger partial charge >= 0.3 is 0 Å². The molecule has 1 aromatic heterocycles. The van der Waals surface area contributed by atoms with E-state index in [4.69, 9.17) is 4.42 Å². The SMILES string of the molecule is O=C1CCC(c2coc3c4c(ccc23)C[C@@H](CO)C4)C(=O)N1. The van der Waals surface area contributed by atoms with Crippen LogP contribution in [0.2, 0.25) is 0 Å². The van der Waals surface area contributed by atoms with Crippen LogP contribution in [0.25, 0.3) is 11.0 Å². The number of piperidine rings is 1. The molecule has 2 atom stereocenters. The smallest absolute Gasteiger partial charge is 0.234 e. The maximum Gasteiger partial charge on any atom is 0.234 e. The fourth-order valence-electron chi connectivity index (χ4n) is 3.69. The predicted octanol–water partition coefficient (Wildman–Crippen LogP) is 1.66. The van der Waals surface area contributed by atoms with Crippen LogP contribution >= 0.6 is 0 Å². The molecule has 1 fully saturated rings. The van der Waals surface area contributed by atoms with Crippen molar-refractivity contribution in [2.24, 2.45) is 5.92 Å². The third-order valence-electron chi connectivity index (χ3n) is 4.85. The van der Waals surface area contributed by atoms with Crippen molar-refractivity contribution in [1.29, 1.82) is 0 Å². The Morgan fingerprint density at radius 2 is 2.14 bits per heavy atom. The molecule has 1 aliphatic heterocycles. The van der Waals surface area contributed by atoms with Gasteiger partial charge in [0.15, 0.2) is 0 Å². The van der Waals surface area contributed by atoms with Gasteiger partial charge in [-0.25, -0.2) is 0 Å². The van der Waals surface area contributed by atoms with Crippen LogP contribution in [0.1, 0.15) is 35.4 Å². The minimum Gasteiger partial charge on any atom is -0.464 e. The molecule has 22 heavy (non-hydrogen) atoms. The Bertz CT molecular complexity index is 776. The number of nitrogens with one attached hydrogen (secondary N) is 1. The van der Waals surface area contributed by atoms with E-state index < -0.39 is 0 Å². The summed E-state index contributed by atoms with van der Waals surface area (Å²) in [6.07, 6.45) is 4.22. The van der Waals surface area contributed by atoms with Crippen LogP contribution in [-0.2, 0) is 22.4 Å². The zero-order valence-electron chi connectivity index (χ0n) is 12.1. The summed E-state index contributed by atoms with van der Waals surface area (Å²) in [5.74, 6) is -0.523. The Kier molecular flexibility index (Phi) is 3.04. The maximum atomic E-state index is 12.1. The number of carbonyl (C=O) groups is 2. The average Bonchev–Trinajstić information content (AvgIpc) is 3.09. The average molecular weight is 299 g/mol. The zero-order valence-corrected chi connectivity index (χ0v) is 12.1. The number of rotatable bonds is 2. The molecule has 0 spiro atoms. The summed E-state index contributed by atoms with van der Waals surface area (Å²) in [7, 11) is 0. The van der Waals surface area contributed by atoms with E-state index in [9.17, 15) is 14.7 Å². The van der Waals surface area contributed by atoms with E-state index in [-0.39, 0.29) is 30.3 Å². The number of aliphatic hydroxyl groups is 1. The lowest BCUT2D eigenvalue weighted by atomic mass is 9.89. The van der Waals surface area contributed by atoms with Crippen molar-refractivity contribution in [3.8, 4) is 0 Å². The number of furan rings is 1. The Morgan fingerprint density at radius 3 is 2.91 bits per heavy atom. The van der Waals surface area contributed by atoms with E-state index >= 15 is 0 Å². The molecule has 1 unspecified atom stereocenters. The topological polar surface area (TPSA) is 79.5 Å². The first-order valence-electron chi connectivity index (χ1n) is 7.63. The lowest BCUT2D eigenvalue weighted by Gasteiger charge is -2.19. The molecule has 114 valence electrons. The van der Waals surface area contributed by atoms with Gasteiger partial charge in [0.25, 0.3) is 0 Å². The molecule has 0 radical (unpaired) electrons. The van der Waals surface area contributed by atoms with Gasteiger partial charge < -0.3 is 9.52 Å². The maximum absolute atomic E-state index is 12.1. The van der Waals surface area contributed by atoms with Gasteiger partial charge in [-0.3, -0.25) is 14.9 Å². The van der Waals surface area contributed by atoms with Gasteiger partial charge in [-0.05, 0) is 36.3 Å². The van der Waals surface area contributed by atoms with Crippen molar-refractivity contribution in [3.63, 3.8) is 0 Å². The summed E-state index contributed by atoms with van der Waals surface area (Å²) in [5.41, 5.74) is 4.05. The fourth-order valence-corrected chi connectivity index (χ4v) is 3.69. The minimum atomic E-state index is -0.327. The highest BCUT2D eigenvalue weighted by Gasteiger charge is 2.32. The molecule has 2 aromatic rings. The van der Waals surface area contributed by atoms with Crippen molar-refractivity contribution in [2.75, 3.05) is 6.61 Å². The van der Waals surface area contributed by atoms with Crippen LogP contribution in [0.3, 0.4) is 0 Å². The van der Waals surface area contributed by atoms with Gasteiger partial charge in [0, 0.05) is 24.0 Å². The second kappa shape index (κ2) is 4.95. The summed E-state index contributed by atoms with van der Waals surface area (Å²) in [6.45, 7) is 0.177.